The topological polar surface area (TPSA) is 68.0 Å². The van der Waals surface area contributed by atoms with Crippen LogP contribution in [0.5, 0.6) is 0 Å². The van der Waals surface area contributed by atoms with Gasteiger partial charge in [0.05, 0.1) is 11.0 Å². The number of nitrogens with one attached hydrogen (secondary N) is 1. The van der Waals surface area contributed by atoms with Gasteiger partial charge in [0, 0.05) is 54.7 Å². The van der Waals surface area contributed by atoms with Crippen molar-refractivity contribution in [2.75, 3.05) is 0 Å². The Kier molecular flexibility index (Phi) is 6.89. The number of para-hydroxylation sites is 3. The number of hydrogen-bond donors (Lipinski definition) is 1. The first-order valence-electron chi connectivity index (χ1n) is 19.2. The Morgan fingerprint density at radius 2 is 1.07 bits per heavy atom. The van der Waals surface area contributed by atoms with Crippen molar-refractivity contribution in [1.82, 2.24) is 9.88 Å². The monoisotopic (exact) mass is 732 g/mol. The van der Waals surface area contributed by atoms with E-state index in [-0.39, 0.29) is 6.17 Å². The molecule has 1 N–H and O–H groups in total. The van der Waals surface area contributed by atoms with Gasteiger partial charge in [-0.25, -0.2) is 9.98 Å². The molecule has 6 nitrogen and oxygen atoms in total. The van der Waals surface area contributed by atoms with Crippen molar-refractivity contribution >= 4 is 77.4 Å². The number of fused-ring (bicyclic) bond motifs is 9. The van der Waals surface area contributed by atoms with Gasteiger partial charge in [0.25, 0.3) is 0 Å². The third-order valence-corrected chi connectivity index (χ3v) is 11.3. The van der Waals surface area contributed by atoms with Crippen LogP contribution in [0.25, 0.3) is 82.5 Å². The summed E-state index contributed by atoms with van der Waals surface area (Å²) < 4.78 is 15.4. The second kappa shape index (κ2) is 12.4. The van der Waals surface area contributed by atoms with Crippen LogP contribution in [-0.4, -0.2) is 16.2 Å². The molecule has 0 radical (unpaired) electrons. The maximum Gasteiger partial charge on any atom is 0.159 e. The lowest BCUT2D eigenvalue weighted by atomic mass is 9.99. The number of furan rings is 2. The molecule has 57 heavy (non-hydrogen) atoms. The van der Waals surface area contributed by atoms with E-state index in [0.717, 1.165) is 83.2 Å². The quantitative estimate of drug-likeness (QED) is 0.192. The molecule has 1 aliphatic heterocycles. The molecule has 0 amide bonds. The lowest BCUT2D eigenvalue weighted by Gasteiger charge is -2.23. The van der Waals surface area contributed by atoms with Crippen molar-refractivity contribution in [3.8, 4) is 16.8 Å². The maximum absolute atomic E-state index is 6.69. The zero-order chi connectivity index (χ0) is 37.5. The predicted octanol–water partition coefficient (Wildman–Crippen LogP) is 12.7. The Morgan fingerprint density at radius 1 is 0.456 bits per heavy atom. The van der Waals surface area contributed by atoms with E-state index in [0.29, 0.717) is 5.84 Å². The normalized spacial score (nSPS) is 14.5. The second-order valence-electron chi connectivity index (χ2n) is 14.6. The smallest absolute Gasteiger partial charge is 0.159 e. The van der Waals surface area contributed by atoms with Crippen LogP contribution in [-0.2, 0) is 0 Å². The zero-order valence-corrected chi connectivity index (χ0v) is 30.6. The number of aromatic nitrogens is 1. The summed E-state index contributed by atoms with van der Waals surface area (Å²) in [4.78, 5) is 10.1. The minimum Gasteiger partial charge on any atom is -0.456 e. The van der Waals surface area contributed by atoms with E-state index in [1.807, 2.05) is 42.5 Å². The first-order chi connectivity index (χ1) is 28.2. The summed E-state index contributed by atoms with van der Waals surface area (Å²) >= 11 is 0. The van der Waals surface area contributed by atoms with Gasteiger partial charge >= 0.3 is 0 Å². The standard InChI is InChI=1S/C51H32N4O2/c1-3-12-31(13-4-1)49-52-50(32-14-5-2-6-15-32)54-51(53-49)34-23-26-46-41(29-34)40-28-33(22-25-45(40)56-46)36-18-11-19-39-42-30-35(24-27-47(42)57-48(36)39)55-43-20-9-7-16-37(43)38-17-8-10-21-44(38)55/h1-30,51H,(H,52,53,54). The zero-order valence-electron chi connectivity index (χ0n) is 30.6. The van der Waals surface area contributed by atoms with Crippen molar-refractivity contribution in [3.05, 3.63) is 199 Å². The van der Waals surface area contributed by atoms with E-state index >= 15 is 0 Å². The predicted molar refractivity (Wildman–Crippen MR) is 233 cm³/mol. The number of amidine groups is 2. The van der Waals surface area contributed by atoms with E-state index in [2.05, 4.69) is 149 Å². The molecule has 0 saturated heterocycles. The second-order valence-corrected chi connectivity index (χ2v) is 14.6. The summed E-state index contributed by atoms with van der Waals surface area (Å²) in [5.41, 5.74) is 11.9. The number of hydrogen-bond acceptors (Lipinski definition) is 5. The molecule has 1 atom stereocenters. The van der Waals surface area contributed by atoms with Gasteiger partial charge in [-0.3, -0.25) is 0 Å². The third-order valence-electron chi connectivity index (χ3n) is 11.3. The van der Waals surface area contributed by atoms with Crippen LogP contribution < -0.4 is 5.32 Å². The average molecular weight is 733 g/mol. The average Bonchev–Trinajstić information content (AvgIpc) is 3.95. The molecule has 0 saturated carbocycles. The molecule has 0 aliphatic carbocycles. The van der Waals surface area contributed by atoms with Crippen LogP contribution in [0, 0.1) is 0 Å². The Balaban J connectivity index is 0.963. The first kappa shape index (κ1) is 31.6. The molecule has 8 aromatic carbocycles. The number of nitrogens with zero attached hydrogens (tertiary/aromatic N) is 3. The Bertz CT molecular complexity index is 3390. The van der Waals surface area contributed by atoms with Crippen molar-refractivity contribution in [1.29, 1.82) is 0 Å². The lowest BCUT2D eigenvalue weighted by molar-refractivity contribution is 0.663. The SMILES string of the molecule is c1ccc(C2=NC(c3ccc4oc5ccc(-c6cccc7c6oc6ccc(-n8c9ccccc9c9ccccc98)cc67)cc5c4c3)NC(c3ccccc3)=N2)cc1. The van der Waals surface area contributed by atoms with Crippen molar-refractivity contribution in [3.63, 3.8) is 0 Å². The highest BCUT2D eigenvalue weighted by molar-refractivity contribution is 6.15. The van der Waals surface area contributed by atoms with Crippen LogP contribution in [0.3, 0.4) is 0 Å². The first-order valence-corrected chi connectivity index (χ1v) is 19.2. The van der Waals surface area contributed by atoms with E-state index in [1.165, 1.54) is 21.8 Å². The summed E-state index contributed by atoms with van der Waals surface area (Å²) in [6, 6.07) is 63.3. The van der Waals surface area contributed by atoms with Gasteiger partial charge in [0.1, 0.15) is 34.3 Å². The molecule has 0 spiro atoms. The van der Waals surface area contributed by atoms with E-state index in [4.69, 9.17) is 18.8 Å². The fraction of sp³-hybridized carbons (Fsp3) is 0.0196. The summed E-state index contributed by atoms with van der Waals surface area (Å²) in [5.74, 6) is 1.48. The van der Waals surface area contributed by atoms with Gasteiger partial charge in [-0.15, -0.1) is 0 Å². The highest BCUT2D eigenvalue weighted by Gasteiger charge is 2.23. The van der Waals surface area contributed by atoms with Crippen molar-refractivity contribution in [2.45, 2.75) is 6.17 Å². The summed E-state index contributed by atoms with van der Waals surface area (Å²) in [6.45, 7) is 0. The van der Waals surface area contributed by atoms with Gasteiger partial charge < -0.3 is 18.7 Å². The largest absolute Gasteiger partial charge is 0.456 e. The molecular formula is C51H32N4O2. The minimum atomic E-state index is -0.345. The highest BCUT2D eigenvalue weighted by atomic mass is 16.3. The highest BCUT2D eigenvalue weighted by Crippen LogP contribution is 2.41. The number of benzene rings is 8. The molecule has 4 heterocycles. The number of rotatable bonds is 5. The fourth-order valence-corrected chi connectivity index (χ4v) is 8.57. The summed E-state index contributed by atoms with van der Waals surface area (Å²) in [5, 5.41) is 10.3. The van der Waals surface area contributed by atoms with Crippen LogP contribution in [0.15, 0.2) is 201 Å². The van der Waals surface area contributed by atoms with Gasteiger partial charge in [0.2, 0.25) is 0 Å². The molecule has 11 aromatic rings. The molecular weight excluding hydrogens is 701 g/mol. The molecule has 0 fully saturated rings. The van der Waals surface area contributed by atoms with E-state index < -0.39 is 0 Å². The third kappa shape index (κ3) is 5.04. The molecule has 268 valence electrons. The molecule has 1 aliphatic rings. The molecule has 1 unspecified atom stereocenters. The van der Waals surface area contributed by atoms with Gasteiger partial charge in [-0.05, 0) is 65.7 Å². The Morgan fingerprint density at radius 3 is 1.84 bits per heavy atom. The van der Waals surface area contributed by atoms with Crippen LogP contribution in [0.4, 0.5) is 0 Å². The molecule has 6 heteroatoms. The fourth-order valence-electron chi connectivity index (χ4n) is 8.57. The van der Waals surface area contributed by atoms with E-state index in [9.17, 15) is 0 Å². The van der Waals surface area contributed by atoms with Crippen LogP contribution in [0.1, 0.15) is 22.9 Å². The van der Waals surface area contributed by atoms with Crippen LogP contribution in [0.2, 0.25) is 0 Å². The lowest BCUT2D eigenvalue weighted by Crippen LogP contribution is -2.33. The molecule has 0 bridgehead atoms. The van der Waals surface area contributed by atoms with Crippen molar-refractivity contribution < 1.29 is 8.83 Å². The van der Waals surface area contributed by atoms with Gasteiger partial charge in [-0.2, -0.15) is 0 Å². The number of aliphatic imine (C=N–C) groups is 2. The maximum atomic E-state index is 6.69. The molecule has 12 rings (SSSR count). The van der Waals surface area contributed by atoms with Gasteiger partial charge in [-0.1, -0.05) is 127 Å². The summed E-state index contributed by atoms with van der Waals surface area (Å²) in [6.07, 6.45) is -0.345. The minimum absolute atomic E-state index is 0.345. The Hall–Kier alpha value is -7.70. The Labute approximate surface area is 326 Å². The molecule has 3 aromatic heterocycles. The van der Waals surface area contributed by atoms with E-state index in [1.54, 1.807) is 0 Å². The van der Waals surface area contributed by atoms with Crippen LogP contribution >= 0.6 is 0 Å². The van der Waals surface area contributed by atoms with Gasteiger partial charge in [0.15, 0.2) is 5.84 Å². The van der Waals surface area contributed by atoms with Crippen molar-refractivity contribution in [2.24, 2.45) is 9.98 Å². The summed E-state index contributed by atoms with van der Waals surface area (Å²) in [7, 11) is 0.